The molecule has 0 spiro atoms. The minimum absolute atomic E-state index is 0.161. The maximum absolute atomic E-state index is 12.5. The molecule has 1 aliphatic rings. The number of benzene rings is 1. The molecule has 0 bridgehead atoms. The summed E-state index contributed by atoms with van der Waals surface area (Å²) in [5.74, 6) is 1.29. The third-order valence-corrected chi connectivity index (χ3v) is 4.46. The summed E-state index contributed by atoms with van der Waals surface area (Å²) in [7, 11) is 1.60. The van der Waals surface area contributed by atoms with Crippen LogP contribution in [0, 0.1) is 0 Å². The lowest BCUT2D eigenvalue weighted by atomic mass is 10.1. The van der Waals surface area contributed by atoms with Gasteiger partial charge in [0.25, 0.3) is 11.5 Å². The van der Waals surface area contributed by atoms with Gasteiger partial charge in [-0.1, -0.05) is 0 Å². The van der Waals surface area contributed by atoms with E-state index in [0.29, 0.717) is 30.0 Å². The van der Waals surface area contributed by atoms with E-state index in [4.69, 9.17) is 9.15 Å². The normalized spacial score (nSPS) is 13.3. The highest BCUT2D eigenvalue weighted by Gasteiger charge is 2.26. The van der Waals surface area contributed by atoms with Crippen LogP contribution in [0.15, 0.2) is 51.9 Å². The Kier molecular flexibility index (Phi) is 4.04. The average Bonchev–Trinajstić information content (AvgIpc) is 3.21. The van der Waals surface area contributed by atoms with Crippen LogP contribution < -0.4 is 10.3 Å². The number of methoxy groups -OCH3 is 1. The van der Waals surface area contributed by atoms with Crippen LogP contribution in [0.2, 0.25) is 0 Å². The van der Waals surface area contributed by atoms with E-state index in [9.17, 15) is 9.59 Å². The largest absolute Gasteiger partial charge is 0.497 e. The van der Waals surface area contributed by atoms with Gasteiger partial charge in [0.15, 0.2) is 5.76 Å². The number of amides is 1. The fraction of sp³-hybridized carbons (Fsp3) is 0.211. The molecule has 3 heterocycles. The van der Waals surface area contributed by atoms with Crippen LogP contribution in [0.5, 0.6) is 5.75 Å². The van der Waals surface area contributed by atoms with Crippen molar-refractivity contribution in [1.29, 1.82) is 0 Å². The molecule has 4 rings (SSSR count). The van der Waals surface area contributed by atoms with Crippen molar-refractivity contribution >= 4 is 5.91 Å². The number of aromatic nitrogens is 2. The summed E-state index contributed by atoms with van der Waals surface area (Å²) in [5, 5.41) is 0. The van der Waals surface area contributed by atoms with Gasteiger partial charge in [0, 0.05) is 17.7 Å². The van der Waals surface area contributed by atoms with Crippen molar-refractivity contribution in [2.24, 2.45) is 0 Å². The molecular formula is C19H17N3O4. The zero-order valence-electron chi connectivity index (χ0n) is 14.2. The molecule has 2 aromatic heterocycles. The predicted molar refractivity (Wildman–Crippen MR) is 94.0 cm³/mol. The molecule has 1 amide bonds. The van der Waals surface area contributed by atoms with E-state index < -0.39 is 0 Å². The molecule has 1 aromatic carbocycles. The van der Waals surface area contributed by atoms with E-state index in [0.717, 1.165) is 11.3 Å². The molecule has 0 radical (unpaired) electrons. The first-order valence-electron chi connectivity index (χ1n) is 8.25. The highest BCUT2D eigenvalue weighted by molar-refractivity contribution is 5.91. The second-order valence-corrected chi connectivity index (χ2v) is 6.02. The molecule has 1 aliphatic heterocycles. The van der Waals surface area contributed by atoms with Gasteiger partial charge in [-0.15, -0.1) is 0 Å². The van der Waals surface area contributed by atoms with Gasteiger partial charge in [-0.2, -0.15) is 0 Å². The van der Waals surface area contributed by atoms with E-state index in [1.165, 1.54) is 6.26 Å². The summed E-state index contributed by atoms with van der Waals surface area (Å²) < 4.78 is 10.3. The van der Waals surface area contributed by atoms with Crippen LogP contribution in [0.4, 0.5) is 0 Å². The molecule has 0 saturated heterocycles. The monoisotopic (exact) mass is 351 g/mol. The molecule has 7 heteroatoms. The number of rotatable bonds is 3. The minimum atomic E-state index is -0.200. The van der Waals surface area contributed by atoms with Gasteiger partial charge in [-0.05, 0) is 42.8 Å². The van der Waals surface area contributed by atoms with Gasteiger partial charge in [0.2, 0.25) is 0 Å². The van der Waals surface area contributed by atoms with Crippen LogP contribution >= 0.6 is 0 Å². The molecule has 26 heavy (non-hydrogen) atoms. The molecule has 1 N–H and O–H groups in total. The highest BCUT2D eigenvalue weighted by atomic mass is 16.5. The maximum atomic E-state index is 12.5. The van der Waals surface area contributed by atoms with Crippen LogP contribution in [0.25, 0.3) is 11.4 Å². The average molecular weight is 351 g/mol. The summed E-state index contributed by atoms with van der Waals surface area (Å²) in [4.78, 5) is 34.0. The van der Waals surface area contributed by atoms with Gasteiger partial charge in [0.05, 0.1) is 25.6 Å². The lowest BCUT2D eigenvalue weighted by Crippen LogP contribution is -2.39. The topological polar surface area (TPSA) is 88.4 Å². The first-order valence-corrected chi connectivity index (χ1v) is 8.25. The second-order valence-electron chi connectivity index (χ2n) is 6.02. The van der Waals surface area contributed by atoms with E-state index >= 15 is 0 Å². The lowest BCUT2D eigenvalue weighted by molar-refractivity contribution is 0.0699. The first kappa shape index (κ1) is 16.1. The summed E-state index contributed by atoms with van der Waals surface area (Å²) in [6.07, 6.45) is 1.93. The van der Waals surface area contributed by atoms with Gasteiger partial charge >= 0.3 is 0 Å². The Morgan fingerprint density at radius 2 is 2.08 bits per heavy atom. The van der Waals surface area contributed by atoms with Gasteiger partial charge in [0.1, 0.15) is 11.6 Å². The Morgan fingerprint density at radius 3 is 2.77 bits per heavy atom. The number of hydrogen-bond donors (Lipinski definition) is 1. The maximum Gasteiger partial charge on any atom is 0.289 e. The van der Waals surface area contributed by atoms with Crippen molar-refractivity contribution in [3.05, 3.63) is 70.0 Å². The van der Waals surface area contributed by atoms with Crippen molar-refractivity contribution in [2.75, 3.05) is 13.7 Å². The van der Waals surface area contributed by atoms with E-state index in [1.54, 1.807) is 24.1 Å². The lowest BCUT2D eigenvalue weighted by Gasteiger charge is -2.27. The van der Waals surface area contributed by atoms with Crippen molar-refractivity contribution in [2.45, 2.75) is 13.0 Å². The number of furan rings is 1. The van der Waals surface area contributed by atoms with Gasteiger partial charge in [-0.3, -0.25) is 9.59 Å². The molecular weight excluding hydrogens is 334 g/mol. The van der Waals surface area contributed by atoms with Crippen LogP contribution in [0.1, 0.15) is 21.8 Å². The zero-order chi connectivity index (χ0) is 18.1. The number of aromatic amines is 1. The smallest absolute Gasteiger partial charge is 0.289 e. The Morgan fingerprint density at radius 1 is 1.27 bits per heavy atom. The molecule has 7 nitrogen and oxygen atoms in total. The summed E-state index contributed by atoms with van der Waals surface area (Å²) in [6.45, 7) is 0.737. The number of hydrogen-bond acceptors (Lipinski definition) is 5. The number of nitrogens with zero attached hydrogens (tertiary/aromatic N) is 2. The molecule has 0 aliphatic carbocycles. The third-order valence-electron chi connectivity index (χ3n) is 4.46. The van der Waals surface area contributed by atoms with Crippen molar-refractivity contribution < 1.29 is 13.9 Å². The Hall–Kier alpha value is -3.35. The quantitative estimate of drug-likeness (QED) is 0.782. The van der Waals surface area contributed by atoms with E-state index in [-0.39, 0.29) is 23.8 Å². The third kappa shape index (κ3) is 2.88. The zero-order valence-corrected chi connectivity index (χ0v) is 14.2. The highest BCUT2D eigenvalue weighted by Crippen LogP contribution is 2.22. The fourth-order valence-corrected chi connectivity index (χ4v) is 3.05. The summed E-state index contributed by atoms with van der Waals surface area (Å²) in [5.41, 5.74) is 1.86. The minimum Gasteiger partial charge on any atom is -0.497 e. The Bertz CT molecular complexity index is 991. The SMILES string of the molecule is COc1ccc(-c2nc3c(c(=O)[nH]2)CCN(C(=O)c2ccco2)C3)cc1. The van der Waals surface area contributed by atoms with Crippen LogP contribution in [-0.4, -0.2) is 34.4 Å². The molecule has 0 atom stereocenters. The number of ether oxygens (including phenoxy) is 1. The number of H-pyrrole nitrogens is 1. The number of fused-ring (bicyclic) bond motifs is 1. The van der Waals surface area contributed by atoms with Crippen LogP contribution in [-0.2, 0) is 13.0 Å². The summed E-state index contributed by atoms with van der Waals surface area (Å²) >= 11 is 0. The standard InChI is InChI=1S/C19H17N3O4/c1-25-13-6-4-12(5-7-13)17-20-15-11-22(9-8-14(15)18(23)21-17)19(24)16-3-2-10-26-16/h2-7,10H,8-9,11H2,1H3,(H,20,21,23). The number of nitrogens with one attached hydrogen (secondary N) is 1. The first-order chi connectivity index (χ1) is 12.7. The summed E-state index contributed by atoms with van der Waals surface area (Å²) in [6, 6.07) is 10.6. The Balaban J connectivity index is 1.66. The number of carbonyl (C=O) groups excluding carboxylic acids is 1. The van der Waals surface area contributed by atoms with Gasteiger partial charge < -0.3 is 19.0 Å². The van der Waals surface area contributed by atoms with Crippen LogP contribution in [0.3, 0.4) is 0 Å². The van der Waals surface area contributed by atoms with Crippen molar-refractivity contribution in [1.82, 2.24) is 14.9 Å². The molecule has 0 unspecified atom stereocenters. The predicted octanol–water partition coefficient (Wildman–Crippen LogP) is 2.24. The number of carbonyl (C=O) groups is 1. The van der Waals surface area contributed by atoms with Crippen molar-refractivity contribution in [3.8, 4) is 17.1 Å². The molecule has 0 fully saturated rings. The molecule has 3 aromatic rings. The van der Waals surface area contributed by atoms with Crippen molar-refractivity contribution in [3.63, 3.8) is 0 Å². The second kappa shape index (κ2) is 6.51. The van der Waals surface area contributed by atoms with E-state index in [1.807, 2.05) is 24.3 Å². The van der Waals surface area contributed by atoms with E-state index in [2.05, 4.69) is 9.97 Å². The molecule has 132 valence electrons. The molecule has 0 saturated carbocycles. The fourth-order valence-electron chi connectivity index (χ4n) is 3.05. The van der Waals surface area contributed by atoms with Gasteiger partial charge in [-0.25, -0.2) is 4.98 Å². The Labute approximate surface area is 149 Å².